The standard InChI is InChI=1S/C26H27N7O2/c1-3-17-4-6-20(12-28-17)35-22-7-5-18(10-16(22)2)31-25-24-21(29-15-30-25)11-23-26(32-24)33-9-8-27-19(13-33)14-34-23/h4-7,10-12,15,19,27H,3,8-9,13-14H2,1-2H3,(H,29,30,31). The van der Waals surface area contributed by atoms with Gasteiger partial charge in [-0.1, -0.05) is 6.92 Å². The Balaban J connectivity index is 1.28. The molecule has 2 aliphatic heterocycles. The zero-order valence-electron chi connectivity index (χ0n) is 19.8. The lowest BCUT2D eigenvalue weighted by Gasteiger charge is -2.31. The molecule has 0 spiro atoms. The van der Waals surface area contributed by atoms with Crippen molar-refractivity contribution in [2.45, 2.75) is 26.3 Å². The Morgan fingerprint density at radius 1 is 1.17 bits per heavy atom. The van der Waals surface area contributed by atoms with Gasteiger partial charge in [-0.15, -0.1) is 0 Å². The molecular weight excluding hydrogens is 442 g/mol. The minimum absolute atomic E-state index is 0.300. The number of nitrogens with zero attached hydrogens (tertiary/aromatic N) is 5. The van der Waals surface area contributed by atoms with Gasteiger partial charge in [-0.2, -0.15) is 0 Å². The molecule has 2 N–H and O–H groups in total. The second kappa shape index (κ2) is 8.99. The maximum atomic E-state index is 6.05. The summed E-state index contributed by atoms with van der Waals surface area (Å²) in [5.74, 6) is 3.77. The predicted molar refractivity (Wildman–Crippen MR) is 135 cm³/mol. The van der Waals surface area contributed by atoms with E-state index >= 15 is 0 Å². The fraction of sp³-hybridized carbons (Fsp3) is 0.308. The molecule has 2 aliphatic rings. The summed E-state index contributed by atoms with van der Waals surface area (Å²) in [5.41, 5.74) is 4.39. The first-order valence-corrected chi connectivity index (χ1v) is 11.9. The Kier molecular flexibility index (Phi) is 5.54. The Labute approximate surface area is 203 Å². The van der Waals surface area contributed by atoms with E-state index in [1.807, 2.05) is 43.3 Å². The average molecular weight is 470 g/mol. The normalized spacial score (nSPS) is 16.9. The molecule has 1 aromatic carbocycles. The monoisotopic (exact) mass is 469 g/mol. The van der Waals surface area contributed by atoms with Gasteiger partial charge in [0.1, 0.15) is 29.9 Å². The average Bonchev–Trinajstić information content (AvgIpc) is 3.00. The third kappa shape index (κ3) is 4.30. The number of hydrogen-bond acceptors (Lipinski definition) is 9. The van der Waals surface area contributed by atoms with Crippen molar-refractivity contribution in [3.8, 4) is 17.2 Å². The maximum absolute atomic E-state index is 6.05. The van der Waals surface area contributed by atoms with Gasteiger partial charge >= 0.3 is 0 Å². The van der Waals surface area contributed by atoms with E-state index in [2.05, 4.69) is 37.4 Å². The van der Waals surface area contributed by atoms with E-state index in [4.69, 9.17) is 14.5 Å². The van der Waals surface area contributed by atoms with Gasteiger partial charge in [0.2, 0.25) is 0 Å². The van der Waals surface area contributed by atoms with Crippen LogP contribution in [0.15, 0.2) is 48.9 Å². The first kappa shape index (κ1) is 21.5. The summed E-state index contributed by atoms with van der Waals surface area (Å²) in [6, 6.07) is 12.1. The van der Waals surface area contributed by atoms with Crippen molar-refractivity contribution < 1.29 is 9.47 Å². The second-order valence-electron chi connectivity index (χ2n) is 8.85. The van der Waals surface area contributed by atoms with Crippen molar-refractivity contribution in [3.05, 3.63) is 60.2 Å². The van der Waals surface area contributed by atoms with Crippen LogP contribution >= 0.6 is 0 Å². The minimum Gasteiger partial charge on any atom is -0.488 e. The molecule has 178 valence electrons. The molecule has 3 aromatic heterocycles. The van der Waals surface area contributed by atoms with Gasteiger partial charge in [0.25, 0.3) is 0 Å². The van der Waals surface area contributed by atoms with Crippen molar-refractivity contribution >= 4 is 28.4 Å². The Bertz CT molecular complexity index is 1380. The minimum atomic E-state index is 0.300. The van der Waals surface area contributed by atoms with E-state index in [9.17, 15) is 0 Å². The Morgan fingerprint density at radius 2 is 2.11 bits per heavy atom. The molecule has 0 amide bonds. The largest absolute Gasteiger partial charge is 0.488 e. The SMILES string of the molecule is CCc1ccc(Oc2ccc(Nc3ncnc4cc5c(nc34)N3CCNC(CO5)C3)cc2C)cn1. The molecule has 5 heterocycles. The maximum Gasteiger partial charge on any atom is 0.172 e. The van der Waals surface area contributed by atoms with Gasteiger partial charge in [-0.25, -0.2) is 15.0 Å². The fourth-order valence-corrected chi connectivity index (χ4v) is 4.49. The summed E-state index contributed by atoms with van der Waals surface area (Å²) in [4.78, 5) is 20.6. The number of piperazine rings is 1. The molecule has 1 fully saturated rings. The highest BCUT2D eigenvalue weighted by molar-refractivity contribution is 5.90. The molecule has 4 aromatic rings. The lowest BCUT2D eigenvalue weighted by atomic mass is 10.2. The number of rotatable bonds is 5. The van der Waals surface area contributed by atoms with E-state index in [1.165, 1.54) is 0 Å². The van der Waals surface area contributed by atoms with Crippen LogP contribution in [0, 0.1) is 6.92 Å². The molecule has 0 saturated carbocycles. The van der Waals surface area contributed by atoms with Crippen LogP contribution in [-0.2, 0) is 6.42 Å². The van der Waals surface area contributed by atoms with E-state index in [0.29, 0.717) is 24.0 Å². The van der Waals surface area contributed by atoms with Gasteiger partial charge in [0.05, 0.1) is 17.8 Å². The van der Waals surface area contributed by atoms with Crippen molar-refractivity contribution in [1.29, 1.82) is 0 Å². The first-order valence-electron chi connectivity index (χ1n) is 11.9. The molecule has 1 atom stereocenters. The van der Waals surface area contributed by atoms with Crippen LogP contribution in [0.2, 0.25) is 0 Å². The topological polar surface area (TPSA) is 97.3 Å². The van der Waals surface area contributed by atoms with Crippen molar-refractivity contribution in [2.24, 2.45) is 0 Å². The summed E-state index contributed by atoms with van der Waals surface area (Å²) >= 11 is 0. The molecule has 6 rings (SSSR count). The van der Waals surface area contributed by atoms with Gasteiger partial charge < -0.3 is 25.0 Å². The number of aromatic nitrogens is 4. The Hall–Kier alpha value is -3.98. The van der Waals surface area contributed by atoms with Crippen molar-refractivity contribution in [2.75, 3.05) is 36.5 Å². The number of benzene rings is 1. The Morgan fingerprint density at radius 3 is 2.94 bits per heavy atom. The lowest BCUT2D eigenvalue weighted by Crippen LogP contribution is -2.51. The number of aryl methyl sites for hydroxylation is 2. The molecule has 1 saturated heterocycles. The fourth-order valence-electron chi connectivity index (χ4n) is 4.49. The second-order valence-corrected chi connectivity index (χ2v) is 8.85. The van der Waals surface area contributed by atoms with Gasteiger partial charge in [-0.3, -0.25) is 4.98 Å². The van der Waals surface area contributed by atoms with Crippen molar-refractivity contribution in [3.63, 3.8) is 0 Å². The summed E-state index contributed by atoms with van der Waals surface area (Å²) in [7, 11) is 0. The predicted octanol–water partition coefficient (Wildman–Crippen LogP) is 4.00. The number of ether oxygens (including phenoxy) is 2. The van der Waals surface area contributed by atoms with Crippen LogP contribution in [0.25, 0.3) is 11.0 Å². The third-order valence-corrected chi connectivity index (χ3v) is 6.38. The number of fused-ring (bicyclic) bond motifs is 5. The van der Waals surface area contributed by atoms with Gasteiger partial charge in [-0.05, 0) is 49.2 Å². The number of anilines is 3. The van der Waals surface area contributed by atoms with E-state index < -0.39 is 0 Å². The number of pyridine rings is 2. The summed E-state index contributed by atoms with van der Waals surface area (Å²) in [6.45, 7) is 7.40. The molecule has 1 unspecified atom stereocenters. The van der Waals surface area contributed by atoms with E-state index in [-0.39, 0.29) is 0 Å². The van der Waals surface area contributed by atoms with Gasteiger partial charge in [0, 0.05) is 37.1 Å². The van der Waals surface area contributed by atoms with Crippen LogP contribution in [0.3, 0.4) is 0 Å². The number of hydrogen-bond donors (Lipinski definition) is 2. The molecular formula is C26H27N7O2. The molecule has 9 heteroatoms. The van der Waals surface area contributed by atoms with Crippen LogP contribution in [0.1, 0.15) is 18.2 Å². The molecule has 35 heavy (non-hydrogen) atoms. The molecule has 2 bridgehead atoms. The summed E-state index contributed by atoms with van der Waals surface area (Å²) < 4.78 is 12.1. The van der Waals surface area contributed by atoms with Crippen LogP contribution in [0.4, 0.5) is 17.3 Å². The summed E-state index contributed by atoms with van der Waals surface area (Å²) in [5, 5.41) is 6.91. The van der Waals surface area contributed by atoms with E-state index in [0.717, 1.165) is 71.6 Å². The first-order chi connectivity index (χ1) is 17.2. The van der Waals surface area contributed by atoms with E-state index in [1.54, 1.807) is 12.5 Å². The third-order valence-electron chi connectivity index (χ3n) is 6.38. The molecule has 0 aliphatic carbocycles. The number of nitrogens with one attached hydrogen (secondary N) is 2. The van der Waals surface area contributed by atoms with Crippen LogP contribution in [-0.4, -0.2) is 52.2 Å². The van der Waals surface area contributed by atoms with Crippen LogP contribution in [0.5, 0.6) is 17.2 Å². The highest BCUT2D eigenvalue weighted by atomic mass is 16.5. The van der Waals surface area contributed by atoms with Crippen molar-refractivity contribution in [1.82, 2.24) is 25.3 Å². The summed E-state index contributed by atoms with van der Waals surface area (Å²) in [6.07, 6.45) is 4.21. The molecule has 9 nitrogen and oxygen atoms in total. The van der Waals surface area contributed by atoms with Gasteiger partial charge in [0.15, 0.2) is 17.4 Å². The highest BCUT2D eigenvalue weighted by Crippen LogP contribution is 2.35. The smallest absolute Gasteiger partial charge is 0.172 e. The lowest BCUT2D eigenvalue weighted by molar-refractivity contribution is 0.271. The zero-order chi connectivity index (χ0) is 23.8. The quantitative estimate of drug-likeness (QED) is 0.449. The molecule has 0 radical (unpaired) electrons. The van der Waals surface area contributed by atoms with Crippen LogP contribution < -0.4 is 25.0 Å². The highest BCUT2D eigenvalue weighted by Gasteiger charge is 2.28. The zero-order valence-corrected chi connectivity index (χ0v) is 19.8.